The van der Waals surface area contributed by atoms with Crippen LogP contribution in [0.2, 0.25) is 0 Å². The van der Waals surface area contributed by atoms with Gasteiger partial charge in [-0.1, -0.05) is 29.8 Å². The first-order chi connectivity index (χ1) is 10.2. The largest absolute Gasteiger partial charge is 0.276 e. The molecule has 0 unspecified atom stereocenters. The van der Waals surface area contributed by atoms with E-state index < -0.39 is 10.0 Å². The van der Waals surface area contributed by atoms with Crippen LogP contribution in [-0.4, -0.2) is 18.2 Å². The van der Waals surface area contributed by atoms with Crippen LogP contribution in [0, 0.1) is 12.8 Å². The third-order valence-electron chi connectivity index (χ3n) is 3.37. The minimum absolute atomic E-state index is 0.231. The number of rotatable bonds is 5. The fourth-order valence-electron chi connectivity index (χ4n) is 2.15. The molecule has 7 heteroatoms. The second-order valence-electron chi connectivity index (χ2n) is 5.69. The topological polar surface area (TPSA) is 64.0 Å². The van der Waals surface area contributed by atoms with E-state index in [0.717, 1.165) is 22.3 Å². The molecule has 0 aliphatic carbocycles. The fraction of sp³-hybridized carbons (Fsp3) is 0.400. The molecule has 0 spiro atoms. The van der Waals surface area contributed by atoms with Crippen LogP contribution in [0.5, 0.6) is 0 Å². The predicted molar refractivity (Wildman–Crippen MR) is 91.4 cm³/mol. The highest BCUT2D eigenvalue weighted by molar-refractivity contribution is 9.10. The van der Waals surface area contributed by atoms with Crippen LogP contribution >= 0.6 is 15.9 Å². The van der Waals surface area contributed by atoms with E-state index in [4.69, 9.17) is 0 Å². The maximum Gasteiger partial charge on any atom is 0.262 e. The van der Waals surface area contributed by atoms with E-state index in [1.54, 1.807) is 28.9 Å². The van der Waals surface area contributed by atoms with Crippen molar-refractivity contribution in [1.82, 2.24) is 9.78 Å². The smallest absolute Gasteiger partial charge is 0.262 e. The first kappa shape index (κ1) is 17.0. The number of hydrogen-bond acceptors (Lipinski definition) is 3. The highest BCUT2D eigenvalue weighted by Gasteiger charge is 2.21. The molecule has 2 rings (SSSR count). The van der Waals surface area contributed by atoms with Crippen LogP contribution in [0.15, 0.2) is 33.6 Å². The summed E-state index contributed by atoms with van der Waals surface area (Å²) in [6.07, 6.45) is 0.722. The third kappa shape index (κ3) is 3.70. The number of benzene rings is 1. The predicted octanol–water partition coefficient (Wildman–Crippen LogP) is 3.49. The van der Waals surface area contributed by atoms with Gasteiger partial charge in [0.2, 0.25) is 0 Å². The van der Waals surface area contributed by atoms with Crippen molar-refractivity contribution in [2.45, 2.75) is 32.1 Å². The molecule has 0 saturated carbocycles. The molecule has 22 heavy (non-hydrogen) atoms. The Morgan fingerprint density at radius 2 is 1.86 bits per heavy atom. The maximum absolute atomic E-state index is 12.5. The van der Waals surface area contributed by atoms with Gasteiger partial charge < -0.3 is 0 Å². The molecule has 1 heterocycles. The number of nitrogens with zero attached hydrogens (tertiary/aromatic N) is 2. The van der Waals surface area contributed by atoms with E-state index in [-0.39, 0.29) is 4.90 Å². The molecular weight excluding hydrogens is 366 g/mol. The van der Waals surface area contributed by atoms with Gasteiger partial charge in [0.15, 0.2) is 0 Å². The lowest BCUT2D eigenvalue weighted by atomic mass is 10.1. The number of aryl methyl sites for hydroxylation is 1. The molecule has 120 valence electrons. The van der Waals surface area contributed by atoms with E-state index in [9.17, 15) is 8.42 Å². The van der Waals surface area contributed by atoms with Gasteiger partial charge >= 0.3 is 0 Å². The van der Waals surface area contributed by atoms with Gasteiger partial charge in [-0.2, -0.15) is 5.10 Å². The van der Waals surface area contributed by atoms with Crippen molar-refractivity contribution in [3.8, 4) is 0 Å². The maximum atomic E-state index is 12.5. The van der Waals surface area contributed by atoms with Gasteiger partial charge in [0.25, 0.3) is 10.0 Å². The number of aromatic nitrogens is 2. The minimum atomic E-state index is -3.62. The zero-order valence-corrected chi connectivity index (χ0v) is 15.5. The molecule has 0 bridgehead atoms. The van der Waals surface area contributed by atoms with Gasteiger partial charge in [0, 0.05) is 11.5 Å². The summed E-state index contributed by atoms with van der Waals surface area (Å²) in [5.74, 6) is 0.394. The van der Waals surface area contributed by atoms with E-state index >= 15 is 0 Å². The highest BCUT2D eigenvalue weighted by atomic mass is 79.9. The number of halogens is 1. The SMILES string of the molecule is Cc1c(NS(=O)(=O)c2ccc(Br)cc2)c(CC(C)C)nn1C. The molecule has 5 nitrogen and oxygen atoms in total. The van der Waals surface area contributed by atoms with Crippen molar-refractivity contribution in [3.05, 3.63) is 40.1 Å². The molecule has 1 aromatic heterocycles. The first-order valence-electron chi connectivity index (χ1n) is 7.01. The average Bonchev–Trinajstić information content (AvgIpc) is 2.66. The van der Waals surface area contributed by atoms with Crippen molar-refractivity contribution in [1.29, 1.82) is 0 Å². The van der Waals surface area contributed by atoms with Gasteiger partial charge in [-0.05, 0) is 43.5 Å². The third-order valence-corrected chi connectivity index (χ3v) is 5.26. The first-order valence-corrected chi connectivity index (χ1v) is 9.29. The van der Waals surface area contributed by atoms with Gasteiger partial charge in [-0.15, -0.1) is 0 Å². The van der Waals surface area contributed by atoms with E-state index in [2.05, 4.69) is 39.6 Å². The lowest BCUT2D eigenvalue weighted by Gasteiger charge is -2.10. The molecule has 0 fully saturated rings. The Labute approximate surface area is 139 Å². The number of anilines is 1. The van der Waals surface area contributed by atoms with Crippen LogP contribution < -0.4 is 4.72 Å². The number of sulfonamides is 1. The Balaban J connectivity index is 2.39. The Hall–Kier alpha value is -1.34. The lowest BCUT2D eigenvalue weighted by Crippen LogP contribution is -2.15. The zero-order valence-electron chi connectivity index (χ0n) is 13.1. The molecular formula is C15H20BrN3O2S. The Morgan fingerprint density at radius 3 is 2.41 bits per heavy atom. The Morgan fingerprint density at radius 1 is 1.27 bits per heavy atom. The highest BCUT2D eigenvalue weighted by Crippen LogP contribution is 2.26. The molecule has 0 amide bonds. The van der Waals surface area contributed by atoms with Crippen LogP contribution in [-0.2, 0) is 23.5 Å². The average molecular weight is 386 g/mol. The van der Waals surface area contributed by atoms with Crippen LogP contribution in [0.3, 0.4) is 0 Å². The molecule has 1 N–H and O–H groups in total. The molecule has 0 radical (unpaired) electrons. The minimum Gasteiger partial charge on any atom is -0.276 e. The Kier molecular flexibility index (Phi) is 4.97. The lowest BCUT2D eigenvalue weighted by molar-refractivity contribution is 0.600. The summed E-state index contributed by atoms with van der Waals surface area (Å²) < 4.78 is 30.3. The molecule has 0 saturated heterocycles. The summed E-state index contributed by atoms with van der Waals surface area (Å²) in [6, 6.07) is 6.56. The summed E-state index contributed by atoms with van der Waals surface area (Å²) in [5, 5.41) is 4.42. The Bertz CT molecular complexity index is 765. The van der Waals surface area contributed by atoms with Crippen LogP contribution in [0.4, 0.5) is 5.69 Å². The second kappa shape index (κ2) is 6.42. The summed E-state index contributed by atoms with van der Waals surface area (Å²) in [6.45, 7) is 6.02. The number of hydrogen-bond donors (Lipinski definition) is 1. The van der Waals surface area contributed by atoms with Crippen LogP contribution in [0.25, 0.3) is 0 Å². The van der Waals surface area contributed by atoms with Crippen molar-refractivity contribution < 1.29 is 8.42 Å². The quantitative estimate of drug-likeness (QED) is 0.856. The fourth-order valence-corrected chi connectivity index (χ4v) is 3.56. The van der Waals surface area contributed by atoms with Crippen molar-refractivity contribution in [3.63, 3.8) is 0 Å². The molecule has 0 atom stereocenters. The summed E-state index contributed by atoms with van der Waals surface area (Å²) in [7, 11) is -1.81. The van der Waals surface area contributed by atoms with Crippen molar-refractivity contribution in [2.75, 3.05) is 4.72 Å². The van der Waals surface area contributed by atoms with E-state index in [1.165, 1.54) is 0 Å². The van der Waals surface area contributed by atoms with Gasteiger partial charge in [-0.25, -0.2) is 8.42 Å². The van der Waals surface area contributed by atoms with Gasteiger partial charge in [0.05, 0.1) is 22.0 Å². The normalized spacial score (nSPS) is 11.9. The molecule has 0 aliphatic heterocycles. The molecule has 1 aromatic carbocycles. The van der Waals surface area contributed by atoms with Crippen molar-refractivity contribution >= 4 is 31.6 Å². The van der Waals surface area contributed by atoms with Gasteiger partial charge in [0.1, 0.15) is 0 Å². The summed E-state index contributed by atoms with van der Waals surface area (Å²) in [4.78, 5) is 0.231. The number of nitrogens with one attached hydrogen (secondary N) is 1. The second-order valence-corrected chi connectivity index (χ2v) is 8.29. The zero-order chi connectivity index (χ0) is 16.5. The summed E-state index contributed by atoms with van der Waals surface area (Å²) >= 11 is 3.30. The van der Waals surface area contributed by atoms with E-state index in [0.29, 0.717) is 11.6 Å². The monoisotopic (exact) mass is 385 g/mol. The van der Waals surface area contributed by atoms with Crippen LogP contribution in [0.1, 0.15) is 25.2 Å². The van der Waals surface area contributed by atoms with Crippen molar-refractivity contribution in [2.24, 2.45) is 13.0 Å². The van der Waals surface area contributed by atoms with E-state index in [1.807, 2.05) is 14.0 Å². The molecule has 2 aromatic rings. The van der Waals surface area contributed by atoms with Gasteiger partial charge in [-0.3, -0.25) is 9.40 Å². The molecule has 0 aliphatic rings. The summed E-state index contributed by atoms with van der Waals surface area (Å²) in [5.41, 5.74) is 2.16. The standard InChI is InChI=1S/C15H20BrN3O2S/c1-10(2)9-14-15(11(3)19(4)17-14)18-22(20,21)13-7-5-12(16)6-8-13/h5-8,10,18H,9H2,1-4H3.